The van der Waals surface area contributed by atoms with E-state index < -0.39 is 11.1 Å². The second-order valence-corrected chi connectivity index (χ2v) is 2.99. The Kier molecular flexibility index (Phi) is 3.29. The first-order valence-corrected chi connectivity index (χ1v) is 4.15. The standard InChI is InChI=1S/C7H5NO5S/c9-7(10)13-14-6-3-1-5(2-4-6)8(11)12/h1-4H,(H,9,10). The third-order valence-corrected chi connectivity index (χ3v) is 1.95. The van der Waals surface area contributed by atoms with Crippen LogP contribution in [0, 0.1) is 10.1 Å². The lowest BCUT2D eigenvalue weighted by Gasteiger charge is -1.97. The van der Waals surface area contributed by atoms with E-state index in [4.69, 9.17) is 5.11 Å². The van der Waals surface area contributed by atoms with Crippen LogP contribution in [0.1, 0.15) is 0 Å². The lowest BCUT2D eigenvalue weighted by molar-refractivity contribution is -0.384. The molecule has 1 aromatic rings. The van der Waals surface area contributed by atoms with E-state index >= 15 is 0 Å². The minimum absolute atomic E-state index is 0.0512. The number of non-ortho nitro benzene ring substituents is 1. The van der Waals surface area contributed by atoms with Crippen LogP contribution in [-0.2, 0) is 4.18 Å². The van der Waals surface area contributed by atoms with Gasteiger partial charge in [0.25, 0.3) is 5.69 Å². The van der Waals surface area contributed by atoms with E-state index in [0.717, 1.165) is 0 Å². The predicted molar refractivity (Wildman–Crippen MR) is 48.1 cm³/mol. The van der Waals surface area contributed by atoms with E-state index in [9.17, 15) is 14.9 Å². The molecule has 14 heavy (non-hydrogen) atoms. The Morgan fingerprint density at radius 3 is 2.43 bits per heavy atom. The van der Waals surface area contributed by atoms with E-state index in [1.54, 1.807) is 0 Å². The molecule has 0 heterocycles. The summed E-state index contributed by atoms with van der Waals surface area (Å²) in [5.41, 5.74) is -0.0512. The highest BCUT2D eigenvalue weighted by atomic mass is 32.2. The fourth-order valence-electron chi connectivity index (χ4n) is 0.707. The molecule has 6 nitrogen and oxygen atoms in total. The quantitative estimate of drug-likeness (QED) is 0.472. The van der Waals surface area contributed by atoms with Crippen LogP contribution in [0.3, 0.4) is 0 Å². The Balaban J connectivity index is 2.64. The molecule has 1 rings (SSSR count). The van der Waals surface area contributed by atoms with Gasteiger partial charge in [-0.05, 0) is 12.1 Å². The average molecular weight is 215 g/mol. The number of rotatable bonds is 3. The molecule has 0 aliphatic carbocycles. The number of carbonyl (C=O) groups is 1. The van der Waals surface area contributed by atoms with Crippen molar-refractivity contribution in [1.29, 1.82) is 0 Å². The molecule has 0 radical (unpaired) electrons. The largest absolute Gasteiger partial charge is 0.518 e. The normalized spacial score (nSPS) is 9.43. The first-order chi connectivity index (χ1) is 6.59. The molecule has 1 N–H and O–H groups in total. The van der Waals surface area contributed by atoms with Crippen LogP contribution < -0.4 is 0 Å². The third kappa shape index (κ3) is 2.94. The molecule has 0 saturated carbocycles. The second-order valence-electron chi connectivity index (χ2n) is 2.18. The Morgan fingerprint density at radius 1 is 1.43 bits per heavy atom. The van der Waals surface area contributed by atoms with Crippen LogP contribution in [0.5, 0.6) is 0 Å². The minimum atomic E-state index is -1.41. The molecule has 0 aliphatic heterocycles. The summed E-state index contributed by atoms with van der Waals surface area (Å²) in [6, 6.07) is 5.36. The molecule has 0 fully saturated rings. The van der Waals surface area contributed by atoms with Gasteiger partial charge in [-0.1, -0.05) is 0 Å². The lowest BCUT2D eigenvalue weighted by atomic mass is 10.3. The number of nitrogens with zero attached hydrogens (tertiary/aromatic N) is 1. The van der Waals surface area contributed by atoms with Crippen LogP contribution in [0.4, 0.5) is 10.5 Å². The highest BCUT2D eigenvalue weighted by molar-refractivity contribution is 7.95. The van der Waals surface area contributed by atoms with Crippen LogP contribution in [0.15, 0.2) is 29.2 Å². The Bertz CT molecular complexity index is 350. The summed E-state index contributed by atoms with van der Waals surface area (Å²) < 4.78 is 4.19. The van der Waals surface area contributed by atoms with Crippen molar-refractivity contribution >= 4 is 23.9 Å². The fourth-order valence-corrected chi connectivity index (χ4v) is 1.12. The van der Waals surface area contributed by atoms with Gasteiger partial charge in [0.2, 0.25) is 0 Å². The predicted octanol–water partition coefficient (Wildman–Crippen LogP) is 2.30. The van der Waals surface area contributed by atoms with Crippen molar-refractivity contribution in [2.75, 3.05) is 0 Å². The highest BCUT2D eigenvalue weighted by Gasteiger charge is 2.05. The van der Waals surface area contributed by atoms with Crippen molar-refractivity contribution in [1.82, 2.24) is 0 Å². The van der Waals surface area contributed by atoms with Gasteiger partial charge >= 0.3 is 6.16 Å². The first kappa shape index (κ1) is 10.3. The monoisotopic (exact) mass is 215 g/mol. The van der Waals surface area contributed by atoms with Crippen molar-refractivity contribution in [3.05, 3.63) is 34.4 Å². The maximum Gasteiger partial charge on any atom is 0.518 e. The molecule has 0 aromatic heterocycles. The fraction of sp³-hybridized carbons (Fsp3) is 0. The van der Waals surface area contributed by atoms with Gasteiger partial charge in [-0.2, -0.15) is 0 Å². The van der Waals surface area contributed by atoms with Gasteiger partial charge in [-0.3, -0.25) is 10.1 Å². The summed E-state index contributed by atoms with van der Waals surface area (Å²) >= 11 is 0.627. The van der Waals surface area contributed by atoms with Crippen molar-refractivity contribution in [2.24, 2.45) is 0 Å². The van der Waals surface area contributed by atoms with E-state index in [1.807, 2.05) is 0 Å². The second kappa shape index (κ2) is 4.47. The minimum Gasteiger partial charge on any atom is -0.449 e. The summed E-state index contributed by atoms with van der Waals surface area (Å²) in [6.45, 7) is 0. The van der Waals surface area contributed by atoms with Crippen molar-refractivity contribution in [2.45, 2.75) is 4.90 Å². The smallest absolute Gasteiger partial charge is 0.449 e. The highest BCUT2D eigenvalue weighted by Crippen LogP contribution is 2.21. The van der Waals surface area contributed by atoms with Gasteiger partial charge in [0, 0.05) is 17.0 Å². The van der Waals surface area contributed by atoms with Crippen molar-refractivity contribution < 1.29 is 19.0 Å². The molecule has 0 spiro atoms. The maximum absolute atomic E-state index is 10.3. The molecular formula is C7H5NO5S. The van der Waals surface area contributed by atoms with E-state index in [2.05, 4.69) is 4.18 Å². The number of hydrogen-bond donors (Lipinski definition) is 1. The van der Waals surface area contributed by atoms with Gasteiger partial charge in [0.1, 0.15) is 0 Å². The van der Waals surface area contributed by atoms with Crippen LogP contribution in [-0.4, -0.2) is 16.2 Å². The molecule has 0 aliphatic rings. The Hall–Kier alpha value is -1.76. The number of carboxylic acid groups (broad SMARTS) is 1. The summed E-state index contributed by atoms with van der Waals surface area (Å²) in [6.07, 6.45) is -1.41. The summed E-state index contributed by atoms with van der Waals surface area (Å²) in [4.78, 5) is 20.2. The van der Waals surface area contributed by atoms with Crippen molar-refractivity contribution in [3.8, 4) is 0 Å². The number of benzene rings is 1. The molecule has 74 valence electrons. The van der Waals surface area contributed by atoms with E-state index in [0.29, 0.717) is 16.9 Å². The Labute approximate surface area is 82.9 Å². The number of hydrogen-bond acceptors (Lipinski definition) is 5. The summed E-state index contributed by atoms with van der Waals surface area (Å²) in [5.74, 6) is 0. The molecule has 7 heteroatoms. The molecule has 1 aromatic carbocycles. The molecule has 0 atom stereocenters. The summed E-state index contributed by atoms with van der Waals surface area (Å²) in [7, 11) is 0. The third-order valence-electron chi connectivity index (χ3n) is 1.26. The molecule has 0 saturated heterocycles. The van der Waals surface area contributed by atoms with Gasteiger partial charge in [-0.15, -0.1) is 0 Å². The van der Waals surface area contributed by atoms with Gasteiger partial charge in [-0.25, -0.2) is 4.79 Å². The zero-order valence-electron chi connectivity index (χ0n) is 6.75. The zero-order chi connectivity index (χ0) is 10.6. The average Bonchev–Trinajstić information content (AvgIpc) is 2.15. The van der Waals surface area contributed by atoms with Gasteiger partial charge in [0.15, 0.2) is 0 Å². The molecule has 0 unspecified atom stereocenters. The van der Waals surface area contributed by atoms with Gasteiger partial charge < -0.3 is 9.29 Å². The SMILES string of the molecule is O=C(O)OSc1ccc([N+](=O)[O-])cc1. The first-order valence-electron chi connectivity index (χ1n) is 3.41. The van der Waals surface area contributed by atoms with Crippen LogP contribution in [0.25, 0.3) is 0 Å². The maximum atomic E-state index is 10.3. The van der Waals surface area contributed by atoms with E-state index in [-0.39, 0.29) is 5.69 Å². The molecular weight excluding hydrogens is 210 g/mol. The van der Waals surface area contributed by atoms with Gasteiger partial charge in [0.05, 0.1) is 17.0 Å². The number of nitro groups is 1. The summed E-state index contributed by atoms with van der Waals surface area (Å²) in [5, 5.41) is 18.4. The van der Waals surface area contributed by atoms with Crippen LogP contribution >= 0.6 is 12.0 Å². The van der Waals surface area contributed by atoms with Crippen LogP contribution in [0.2, 0.25) is 0 Å². The Morgan fingerprint density at radius 2 is 2.00 bits per heavy atom. The van der Waals surface area contributed by atoms with Crippen molar-refractivity contribution in [3.63, 3.8) is 0 Å². The molecule has 0 amide bonds. The van der Waals surface area contributed by atoms with E-state index in [1.165, 1.54) is 24.3 Å². The lowest BCUT2D eigenvalue weighted by Crippen LogP contribution is -1.91. The zero-order valence-corrected chi connectivity index (χ0v) is 7.56. The topological polar surface area (TPSA) is 89.7 Å². The molecule has 0 bridgehead atoms. The number of nitro benzene ring substituents is 1.